The van der Waals surface area contributed by atoms with Gasteiger partial charge in [0.1, 0.15) is 0 Å². The van der Waals surface area contributed by atoms with Crippen molar-refractivity contribution >= 4 is 17.5 Å². The first kappa shape index (κ1) is 20.6. The van der Waals surface area contributed by atoms with Gasteiger partial charge in [0.25, 0.3) is 0 Å². The Kier molecular flexibility index (Phi) is 7.94. The van der Waals surface area contributed by atoms with Crippen LogP contribution >= 0.6 is 11.6 Å². The largest absolute Gasteiger partial charge is 0.352 e. The van der Waals surface area contributed by atoms with Gasteiger partial charge >= 0.3 is 0 Å². The molecule has 6 heteroatoms. The summed E-state index contributed by atoms with van der Waals surface area (Å²) in [6.07, 6.45) is 3.26. The predicted octanol–water partition coefficient (Wildman–Crippen LogP) is 2.45. The van der Waals surface area contributed by atoms with Gasteiger partial charge in [-0.05, 0) is 56.6 Å². The van der Waals surface area contributed by atoms with Crippen molar-refractivity contribution in [2.45, 2.75) is 38.8 Å². The summed E-state index contributed by atoms with van der Waals surface area (Å²) < 4.78 is 0. The van der Waals surface area contributed by atoms with Gasteiger partial charge in [-0.25, -0.2) is 0 Å². The monoisotopic (exact) mass is 392 g/mol. The van der Waals surface area contributed by atoms with Crippen LogP contribution in [0.2, 0.25) is 5.02 Å². The fraction of sp³-hybridized carbons (Fsp3) is 0.667. The van der Waals surface area contributed by atoms with Crippen LogP contribution in [0.3, 0.4) is 0 Å². The average molecular weight is 393 g/mol. The van der Waals surface area contributed by atoms with Crippen molar-refractivity contribution in [2.24, 2.45) is 0 Å². The van der Waals surface area contributed by atoms with E-state index in [9.17, 15) is 4.79 Å². The summed E-state index contributed by atoms with van der Waals surface area (Å²) in [5.74, 6) is 0.191. The SMILES string of the molecule is CCN1CCC(NC(=O)CN2CCCN(Cc3ccc(Cl)cc3)CC2)CC1. The number of piperidine rings is 1. The first-order valence-electron chi connectivity index (χ1n) is 10.3. The van der Waals surface area contributed by atoms with Gasteiger partial charge in [0.15, 0.2) is 0 Å². The number of amides is 1. The smallest absolute Gasteiger partial charge is 0.234 e. The fourth-order valence-corrected chi connectivity index (χ4v) is 4.18. The molecule has 3 rings (SSSR count). The van der Waals surface area contributed by atoms with Crippen LogP contribution in [0.4, 0.5) is 0 Å². The molecule has 5 nitrogen and oxygen atoms in total. The van der Waals surface area contributed by atoms with Crippen LogP contribution in [0.1, 0.15) is 31.7 Å². The maximum atomic E-state index is 12.5. The van der Waals surface area contributed by atoms with Gasteiger partial charge in [0, 0.05) is 43.8 Å². The van der Waals surface area contributed by atoms with Crippen molar-refractivity contribution in [2.75, 3.05) is 52.4 Å². The van der Waals surface area contributed by atoms with E-state index >= 15 is 0 Å². The van der Waals surface area contributed by atoms with Crippen LogP contribution < -0.4 is 5.32 Å². The van der Waals surface area contributed by atoms with Crippen molar-refractivity contribution in [3.8, 4) is 0 Å². The standard InChI is InChI=1S/C21H33ClN4O/c1-2-24-12-8-20(9-13-24)23-21(27)17-26-11-3-10-25(14-15-26)16-18-4-6-19(22)7-5-18/h4-7,20H,2-3,8-17H2,1H3,(H,23,27). The number of nitrogens with zero attached hydrogens (tertiary/aromatic N) is 3. The lowest BCUT2D eigenvalue weighted by molar-refractivity contribution is -0.123. The van der Waals surface area contributed by atoms with Crippen molar-refractivity contribution in [3.05, 3.63) is 34.9 Å². The highest BCUT2D eigenvalue weighted by Gasteiger charge is 2.22. The lowest BCUT2D eigenvalue weighted by atomic mass is 10.1. The number of rotatable bonds is 6. The number of hydrogen-bond donors (Lipinski definition) is 1. The Bertz CT molecular complexity index is 586. The third-order valence-electron chi connectivity index (χ3n) is 5.77. The zero-order chi connectivity index (χ0) is 19.1. The third kappa shape index (κ3) is 6.75. The Morgan fingerprint density at radius 1 is 1.00 bits per heavy atom. The predicted molar refractivity (Wildman–Crippen MR) is 111 cm³/mol. The minimum atomic E-state index is 0.191. The van der Waals surface area contributed by atoms with Crippen LogP contribution in [0.15, 0.2) is 24.3 Å². The highest BCUT2D eigenvalue weighted by molar-refractivity contribution is 6.30. The first-order chi connectivity index (χ1) is 13.1. The number of likely N-dealkylation sites (tertiary alicyclic amines) is 1. The summed E-state index contributed by atoms with van der Waals surface area (Å²) in [5.41, 5.74) is 1.30. The van der Waals surface area contributed by atoms with Gasteiger partial charge in [-0.15, -0.1) is 0 Å². The van der Waals surface area contributed by atoms with Crippen LogP contribution in [-0.2, 0) is 11.3 Å². The molecule has 1 aromatic rings. The van der Waals surface area contributed by atoms with Crippen LogP contribution in [0.5, 0.6) is 0 Å². The number of carbonyl (C=O) groups is 1. The second-order valence-electron chi connectivity index (χ2n) is 7.81. The second-order valence-corrected chi connectivity index (χ2v) is 8.24. The number of halogens is 1. The Labute approximate surface area is 168 Å². The molecule has 0 radical (unpaired) electrons. The van der Waals surface area contributed by atoms with E-state index in [1.54, 1.807) is 0 Å². The molecule has 27 heavy (non-hydrogen) atoms. The highest BCUT2D eigenvalue weighted by Crippen LogP contribution is 2.13. The van der Waals surface area contributed by atoms with E-state index in [2.05, 4.69) is 39.1 Å². The summed E-state index contributed by atoms with van der Waals surface area (Å²) in [4.78, 5) is 19.7. The molecule has 0 atom stereocenters. The zero-order valence-corrected chi connectivity index (χ0v) is 17.3. The summed E-state index contributed by atoms with van der Waals surface area (Å²) in [7, 11) is 0. The molecule has 0 unspecified atom stereocenters. The molecule has 2 saturated heterocycles. The molecule has 150 valence electrons. The van der Waals surface area contributed by atoms with Gasteiger partial charge in [-0.2, -0.15) is 0 Å². The third-order valence-corrected chi connectivity index (χ3v) is 6.02. The molecule has 2 heterocycles. The minimum Gasteiger partial charge on any atom is -0.352 e. The summed E-state index contributed by atoms with van der Waals surface area (Å²) in [6, 6.07) is 8.46. The molecule has 1 aromatic carbocycles. The van der Waals surface area contributed by atoms with E-state index in [0.29, 0.717) is 12.6 Å². The number of benzene rings is 1. The summed E-state index contributed by atoms with van der Waals surface area (Å²) in [5, 5.41) is 4.04. The van der Waals surface area contributed by atoms with Gasteiger partial charge in [-0.1, -0.05) is 30.7 Å². The summed E-state index contributed by atoms with van der Waals surface area (Å²) >= 11 is 5.97. The number of nitrogens with one attached hydrogen (secondary N) is 1. The first-order valence-corrected chi connectivity index (χ1v) is 10.7. The van der Waals surface area contributed by atoms with E-state index in [4.69, 9.17) is 11.6 Å². The molecule has 0 bridgehead atoms. The maximum Gasteiger partial charge on any atom is 0.234 e. The van der Waals surface area contributed by atoms with Gasteiger partial charge in [0.2, 0.25) is 5.91 Å². The van der Waals surface area contributed by atoms with Crippen molar-refractivity contribution in [1.82, 2.24) is 20.0 Å². The van der Waals surface area contributed by atoms with Crippen LogP contribution in [-0.4, -0.2) is 79.0 Å². The molecule has 1 N–H and O–H groups in total. The Morgan fingerprint density at radius 2 is 1.67 bits per heavy atom. The van der Waals surface area contributed by atoms with Crippen molar-refractivity contribution < 1.29 is 4.79 Å². The van der Waals surface area contributed by atoms with E-state index < -0.39 is 0 Å². The molecule has 2 fully saturated rings. The second kappa shape index (κ2) is 10.4. The molecule has 0 aromatic heterocycles. The molecule has 0 aliphatic carbocycles. The fourth-order valence-electron chi connectivity index (χ4n) is 4.06. The van der Waals surface area contributed by atoms with Crippen molar-refractivity contribution in [1.29, 1.82) is 0 Å². The maximum absolute atomic E-state index is 12.5. The molecular formula is C21H33ClN4O. The lowest BCUT2D eigenvalue weighted by Gasteiger charge is -2.32. The van der Waals surface area contributed by atoms with E-state index in [1.807, 2.05) is 12.1 Å². The van der Waals surface area contributed by atoms with Crippen LogP contribution in [0.25, 0.3) is 0 Å². The molecule has 0 spiro atoms. The molecule has 2 aliphatic heterocycles. The Balaban J connectivity index is 1.39. The van der Waals surface area contributed by atoms with E-state index in [0.717, 1.165) is 76.6 Å². The highest BCUT2D eigenvalue weighted by atomic mass is 35.5. The topological polar surface area (TPSA) is 38.8 Å². The Morgan fingerprint density at radius 3 is 2.37 bits per heavy atom. The zero-order valence-electron chi connectivity index (χ0n) is 16.5. The Hall–Kier alpha value is -1.14. The molecular weight excluding hydrogens is 360 g/mol. The normalized spacial score (nSPS) is 21.1. The minimum absolute atomic E-state index is 0.191. The van der Waals surface area contributed by atoms with Gasteiger partial charge in [0.05, 0.1) is 6.54 Å². The van der Waals surface area contributed by atoms with Gasteiger partial charge < -0.3 is 10.2 Å². The average Bonchev–Trinajstić information content (AvgIpc) is 2.89. The number of hydrogen-bond acceptors (Lipinski definition) is 4. The lowest BCUT2D eigenvalue weighted by Crippen LogP contribution is -2.47. The molecule has 0 saturated carbocycles. The van der Waals surface area contributed by atoms with Gasteiger partial charge in [-0.3, -0.25) is 14.6 Å². The van der Waals surface area contributed by atoms with E-state index in [1.165, 1.54) is 5.56 Å². The quantitative estimate of drug-likeness (QED) is 0.807. The van der Waals surface area contributed by atoms with E-state index in [-0.39, 0.29) is 5.91 Å². The molecule has 2 aliphatic rings. The molecule has 1 amide bonds. The summed E-state index contributed by atoms with van der Waals surface area (Å²) in [6.45, 7) is 11.0. The van der Waals surface area contributed by atoms with Crippen LogP contribution in [0, 0.1) is 0 Å². The van der Waals surface area contributed by atoms with Crippen molar-refractivity contribution in [3.63, 3.8) is 0 Å². The number of carbonyl (C=O) groups excluding carboxylic acids is 1.